The Morgan fingerprint density at radius 1 is 1.31 bits per heavy atom. The van der Waals surface area contributed by atoms with E-state index in [1.54, 1.807) is 19.5 Å². The van der Waals surface area contributed by atoms with Crippen LogP contribution in [0, 0.1) is 0 Å². The highest BCUT2D eigenvalue weighted by molar-refractivity contribution is 6.07. The van der Waals surface area contributed by atoms with Crippen molar-refractivity contribution in [2.24, 2.45) is 0 Å². The lowest BCUT2D eigenvalue weighted by Gasteiger charge is -2.04. The molecule has 0 amide bonds. The molecular weight excluding hydrogens is 202 g/mol. The van der Waals surface area contributed by atoms with E-state index in [1.165, 1.54) is 0 Å². The first-order valence-corrected chi connectivity index (χ1v) is 5.18. The Hall–Kier alpha value is -1.74. The van der Waals surface area contributed by atoms with Crippen LogP contribution in [0.15, 0.2) is 36.7 Å². The summed E-state index contributed by atoms with van der Waals surface area (Å²) < 4.78 is 4.90. The minimum absolute atomic E-state index is 0.0751. The van der Waals surface area contributed by atoms with Crippen molar-refractivity contribution in [2.45, 2.75) is 6.42 Å². The molecule has 0 unspecified atom stereocenters. The summed E-state index contributed by atoms with van der Waals surface area (Å²) in [5.41, 5.74) is 0.676. The van der Waals surface area contributed by atoms with Gasteiger partial charge >= 0.3 is 0 Å². The topological polar surface area (TPSA) is 39.2 Å². The van der Waals surface area contributed by atoms with Crippen molar-refractivity contribution < 1.29 is 9.53 Å². The van der Waals surface area contributed by atoms with Crippen molar-refractivity contribution in [1.82, 2.24) is 4.98 Å². The molecule has 0 fully saturated rings. The van der Waals surface area contributed by atoms with E-state index in [1.807, 2.05) is 24.3 Å². The van der Waals surface area contributed by atoms with Crippen LogP contribution in [0.25, 0.3) is 10.8 Å². The number of ether oxygens (including phenoxy) is 1. The number of hydrogen-bond donors (Lipinski definition) is 0. The molecule has 0 saturated carbocycles. The van der Waals surface area contributed by atoms with Crippen LogP contribution in [-0.4, -0.2) is 24.5 Å². The van der Waals surface area contributed by atoms with E-state index in [4.69, 9.17) is 4.74 Å². The SMILES string of the molecule is COCCC(=O)c1cncc2ccccc12. The minimum Gasteiger partial charge on any atom is -0.384 e. The molecular formula is C13H13NO2. The van der Waals surface area contributed by atoms with Crippen LogP contribution >= 0.6 is 0 Å². The largest absolute Gasteiger partial charge is 0.384 e. The second-order valence-electron chi connectivity index (χ2n) is 3.57. The lowest BCUT2D eigenvalue weighted by Crippen LogP contribution is -2.04. The second-order valence-corrected chi connectivity index (χ2v) is 3.57. The number of carbonyl (C=O) groups is 1. The quantitative estimate of drug-likeness (QED) is 0.735. The number of methoxy groups -OCH3 is 1. The molecule has 82 valence electrons. The zero-order valence-corrected chi connectivity index (χ0v) is 9.14. The van der Waals surface area contributed by atoms with Crippen molar-refractivity contribution in [2.75, 3.05) is 13.7 Å². The maximum Gasteiger partial charge on any atom is 0.167 e. The van der Waals surface area contributed by atoms with Crippen molar-refractivity contribution in [1.29, 1.82) is 0 Å². The third-order valence-corrected chi connectivity index (χ3v) is 2.50. The van der Waals surface area contributed by atoms with Crippen LogP contribution in [0.2, 0.25) is 0 Å². The lowest BCUT2D eigenvalue weighted by atomic mass is 10.0. The van der Waals surface area contributed by atoms with Gasteiger partial charge in [-0.25, -0.2) is 0 Å². The summed E-state index contributed by atoms with van der Waals surface area (Å²) in [5.74, 6) is 0.0751. The molecule has 1 heterocycles. The van der Waals surface area contributed by atoms with Gasteiger partial charge < -0.3 is 4.74 Å². The highest BCUT2D eigenvalue weighted by Gasteiger charge is 2.09. The Kier molecular flexibility index (Phi) is 3.27. The van der Waals surface area contributed by atoms with E-state index in [2.05, 4.69) is 4.98 Å². The number of hydrogen-bond acceptors (Lipinski definition) is 3. The predicted octanol–water partition coefficient (Wildman–Crippen LogP) is 2.45. The van der Waals surface area contributed by atoms with Crippen LogP contribution in [0.1, 0.15) is 16.8 Å². The highest BCUT2D eigenvalue weighted by atomic mass is 16.5. The fourth-order valence-electron chi connectivity index (χ4n) is 1.67. The van der Waals surface area contributed by atoms with Crippen LogP contribution < -0.4 is 0 Å². The third-order valence-electron chi connectivity index (χ3n) is 2.50. The van der Waals surface area contributed by atoms with E-state index in [0.29, 0.717) is 18.6 Å². The number of benzene rings is 1. The fraction of sp³-hybridized carbons (Fsp3) is 0.231. The number of aromatic nitrogens is 1. The summed E-state index contributed by atoms with van der Waals surface area (Å²) in [4.78, 5) is 16.0. The van der Waals surface area contributed by atoms with E-state index in [9.17, 15) is 4.79 Å². The van der Waals surface area contributed by atoms with Gasteiger partial charge in [-0.1, -0.05) is 24.3 Å². The number of pyridine rings is 1. The van der Waals surface area contributed by atoms with Gasteiger partial charge in [-0.3, -0.25) is 9.78 Å². The normalized spacial score (nSPS) is 10.6. The molecule has 0 radical (unpaired) electrons. The van der Waals surface area contributed by atoms with Crippen LogP contribution in [0.4, 0.5) is 0 Å². The molecule has 3 nitrogen and oxygen atoms in total. The molecule has 2 rings (SSSR count). The zero-order chi connectivity index (χ0) is 11.4. The van der Waals surface area contributed by atoms with Crippen molar-refractivity contribution in [3.05, 3.63) is 42.2 Å². The average molecular weight is 215 g/mol. The average Bonchev–Trinajstić information content (AvgIpc) is 2.35. The van der Waals surface area contributed by atoms with Gasteiger partial charge in [-0.15, -0.1) is 0 Å². The van der Waals surface area contributed by atoms with Gasteiger partial charge in [0.05, 0.1) is 6.61 Å². The molecule has 0 atom stereocenters. The van der Waals surface area contributed by atoms with Crippen molar-refractivity contribution >= 4 is 16.6 Å². The molecule has 0 spiro atoms. The third kappa shape index (κ3) is 2.09. The first-order valence-electron chi connectivity index (χ1n) is 5.18. The monoisotopic (exact) mass is 215 g/mol. The van der Waals surface area contributed by atoms with E-state index >= 15 is 0 Å². The molecule has 0 N–H and O–H groups in total. The molecule has 3 heteroatoms. The minimum atomic E-state index is 0.0751. The number of fused-ring (bicyclic) bond motifs is 1. The molecule has 1 aromatic heterocycles. The molecule has 0 saturated heterocycles. The lowest BCUT2D eigenvalue weighted by molar-refractivity contribution is 0.0933. The Morgan fingerprint density at radius 2 is 2.12 bits per heavy atom. The zero-order valence-electron chi connectivity index (χ0n) is 9.14. The number of carbonyl (C=O) groups excluding carboxylic acids is 1. The van der Waals surface area contributed by atoms with E-state index in [0.717, 1.165) is 10.8 Å². The molecule has 0 aliphatic heterocycles. The van der Waals surface area contributed by atoms with E-state index in [-0.39, 0.29) is 5.78 Å². The van der Waals surface area contributed by atoms with Crippen LogP contribution in [0.3, 0.4) is 0 Å². The van der Waals surface area contributed by atoms with Gasteiger partial charge in [-0.05, 0) is 5.39 Å². The Balaban J connectivity index is 2.40. The Labute approximate surface area is 94.1 Å². The van der Waals surface area contributed by atoms with Crippen LogP contribution in [0.5, 0.6) is 0 Å². The predicted molar refractivity (Wildman–Crippen MR) is 62.6 cm³/mol. The maximum atomic E-state index is 11.9. The Bertz CT molecular complexity index is 503. The van der Waals surface area contributed by atoms with Gasteiger partial charge in [-0.2, -0.15) is 0 Å². The molecule has 1 aromatic carbocycles. The second kappa shape index (κ2) is 4.86. The van der Waals surface area contributed by atoms with Gasteiger partial charge in [0, 0.05) is 36.9 Å². The highest BCUT2D eigenvalue weighted by Crippen LogP contribution is 2.18. The summed E-state index contributed by atoms with van der Waals surface area (Å²) in [5, 5.41) is 1.95. The number of Topliss-reactive ketones (excluding diaryl/α,β-unsaturated/α-hetero) is 1. The van der Waals surface area contributed by atoms with Gasteiger partial charge in [0.25, 0.3) is 0 Å². The van der Waals surface area contributed by atoms with Gasteiger partial charge in [0.15, 0.2) is 5.78 Å². The molecule has 0 bridgehead atoms. The molecule has 0 aliphatic carbocycles. The van der Waals surface area contributed by atoms with Crippen molar-refractivity contribution in [3.63, 3.8) is 0 Å². The van der Waals surface area contributed by atoms with E-state index < -0.39 is 0 Å². The number of ketones is 1. The summed E-state index contributed by atoms with van der Waals surface area (Å²) in [6, 6.07) is 7.76. The summed E-state index contributed by atoms with van der Waals surface area (Å²) in [6.07, 6.45) is 3.79. The number of rotatable bonds is 4. The van der Waals surface area contributed by atoms with Crippen molar-refractivity contribution in [3.8, 4) is 0 Å². The van der Waals surface area contributed by atoms with Gasteiger partial charge in [0.2, 0.25) is 0 Å². The summed E-state index contributed by atoms with van der Waals surface area (Å²) in [6.45, 7) is 0.446. The fourth-order valence-corrected chi connectivity index (χ4v) is 1.67. The smallest absolute Gasteiger partial charge is 0.167 e. The Morgan fingerprint density at radius 3 is 2.94 bits per heavy atom. The van der Waals surface area contributed by atoms with Gasteiger partial charge in [0.1, 0.15) is 0 Å². The first-order chi connectivity index (χ1) is 7.83. The molecule has 0 aliphatic rings. The first kappa shape index (κ1) is 10.8. The molecule has 2 aromatic rings. The number of nitrogens with zero attached hydrogens (tertiary/aromatic N) is 1. The standard InChI is InChI=1S/C13H13NO2/c1-16-7-6-13(15)12-9-14-8-10-4-2-3-5-11(10)12/h2-5,8-9H,6-7H2,1H3. The summed E-state index contributed by atoms with van der Waals surface area (Å²) in [7, 11) is 1.59. The maximum absolute atomic E-state index is 11.9. The van der Waals surface area contributed by atoms with Crippen LogP contribution in [-0.2, 0) is 4.74 Å². The summed E-state index contributed by atoms with van der Waals surface area (Å²) >= 11 is 0. The molecule has 16 heavy (non-hydrogen) atoms.